The third-order valence-corrected chi connectivity index (χ3v) is 9.97. The summed E-state index contributed by atoms with van der Waals surface area (Å²) in [6.45, 7) is 10.5. The molecule has 3 heteroatoms. The molecule has 0 aliphatic heterocycles. The van der Waals surface area contributed by atoms with Crippen molar-refractivity contribution in [2.75, 3.05) is 0 Å². The first-order valence-corrected chi connectivity index (χ1v) is 12.2. The highest BCUT2D eigenvalue weighted by Gasteiger charge is 2.60. The highest BCUT2D eigenvalue weighted by Crippen LogP contribution is 2.68. The number of halogens is 1. The van der Waals surface area contributed by atoms with E-state index in [0.29, 0.717) is 36.0 Å². The molecule has 2 N–H and O–H groups in total. The molecule has 0 aromatic carbocycles. The Labute approximate surface area is 177 Å². The van der Waals surface area contributed by atoms with Gasteiger partial charge < -0.3 is 10.2 Å². The number of rotatable bonds is 4. The molecule has 0 saturated heterocycles. The molecule has 0 amide bonds. The van der Waals surface area contributed by atoms with Gasteiger partial charge in [-0.1, -0.05) is 20.3 Å². The molecule has 2 nitrogen and oxygen atoms in total. The number of hydrogen-bond donors (Lipinski definition) is 2. The summed E-state index contributed by atoms with van der Waals surface area (Å²) in [4.78, 5) is 0. The van der Waals surface area contributed by atoms with Crippen LogP contribution in [0.25, 0.3) is 0 Å². The average Bonchev–Trinajstić information content (AvgIpc) is 2.93. The first kappa shape index (κ1) is 21.8. The quantitative estimate of drug-likeness (QED) is 0.555. The zero-order valence-electron chi connectivity index (χ0n) is 19.4. The van der Waals surface area contributed by atoms with Gasteiger partial charge in [-0.25, -0.2) is 4.39 Å². The van der Waals surface area contributed by atoms with E-state index < -0.39 is 11.2 Å². The lowest BCUT2D eigenvalue weighted by molar-refractivity contribution is -0.0724. The number of hydrogen-bond acceptors (Lipinski definition) is 2. The molecule has 0 aromatic rings. The first-order chi connectivity index (χ1) is 13.4. The first-order valence-electron chi connectivity index (χ1n) is 12.2. The molecule has 3 saturated carbocycles. The van der Waals surface area contributed by atoms with E-state index in [-0.39, 0.29) is 11.2 Å². The van der Waals surface area contributed by atoms with Crippen LogP contribution in [0.2, 0.25) is 0 Å². The second-order valence-corrected chi connectivity index (χ2v) is 12.6. The molecule has 29 heavy (non-hydrogen) atoms. The number of allylic oxidation sites excluding steroid dienone is 1. The van der Waals surface area contributed by atoms with Gasteiger partial charge >= 0.3 is 0 Å². The van der Waals surface area contributed by atoms with Crippen molar-refractivity contribution in [1.82, 2.24) is 0 Å². The summed E-state index contributed by atoms with van der Waals surface area (Å²) in [5.41, 5.74) is -0.0503. The standard InChI is InChI=1S/C26H43FO2/c1-23(2,28)11-6-7-17-8-9-19-18-15-22(27)21-16-24(3,29)13-14-26(21,5)20(18)10-12-25(17,19)4/h17-20,28-29H,6-16H2,1-5H3/t17-,18-,19-,20-,24-,25+,26+/m0/s1. The summed E-state index contributed by atoms with van der Waals surface area (Å²) in [6, 6.07) is 0. The Bertz CT molecular complexity index is 675. The fourth-order valence-corrected chi connectivity index (χ4v) is 8.22. The maximum atomic E-state index is 15.4. The highest BCUT2D eigenvalue weighted by atomic mass is 19.1. The molecule has 4 aliphatic carbocycles. The molecule has 3 fully saturated rings. The van der Waals surface area contributed by atoms with Crippen LogP contribution in [-0.4, -0.2) is 21.4 Å². The average molecular weight is 407 g/mol. The van der Waals surface area contributed by atoms with Gasteiger partial charge in [0, 0.05) is 12.8 Å². The van der Waals surface area contributed by atoms with E-state index in [2.05, 4.69) is 13.8 Å². The summed E-state index contributed by atoms with van der Waals surface area (Å²) in [5.74, 6) is 2.54. The predicted molar refractivity (Wildman–Crippen MR) is 116 cm³/mol. The lowest BCUT2D eigenvalue weighted by Crippen LogP contribution is -2.52. The molecule has 0 unspecified atom stereocenters. The lowest BCUT2D eigenvalue weighted by atomic mass is 9.46. The smallest absolute Gasteiger partial charge is 0.100 e. The summed E-state index contributed by atoms with van der Waals surface area (Å²) >= 11 is 0. The van der Waals surface area contributed by atoms with Crippen molar-refractivity contribution >= 4 is 0 Å². The summed E-state index contributed by atoms with van der Waals surface area (Å²) < 4.78 is 15.4. The summed E-state index contributed by atoms with van der Waals surface area (Å²) in [7, 11) is 0. The third-order valence-electron chi connectivity index (χ3n) is 9.97. The Morgan fingerprint density at radius 2 is 1.76 bits per heavy atom. The van der Waals surface area contributed by atoms with Crippen molar-refractivity contribution in [1.29, 1.82) is 0 Å². The topological polar surface area (TPSA) is 40.5 Å². The Kier molecular flexibility index (Phi) is 5.30. The van der Waals surface area contributed by atoms with Gasteiger partial charge in [0.1, 0.15) is 5.83 Å². The van der Waals surface area contributed by atoms with Crippen LogP contribution in [0.5, 0.6) is 0 Å². The molecular weight excluding hydrogens is 363 g/mol. The Morgan fingerprint density at radius 3 is 2.45 bits per heavy atom. The van der Waals surface area contributed by atoms with E-state index in [1.54, 1.807) is 0 Å². The zero-order valence-corrected chi connectivity index (χ0v) is 19.4. The van der Waals surface area contributed by atoms with Gasteiger partial charge in [0.05, 0.1) is 11.2 Å². The van der Waals surface area contributed by atoms with E-state index in [9.17, 15) is 10.2 Å². The number of aliphatic hydroxyl groups is 2. The Balaban J connectivity index is 1.54. The predicted octanol–water partition coefficient (Wildman–Crippen LogP) is 6.55. The van der Waals surface area contributed by atoms with Crippen LogP contribution in [0.1, 0.15) is 105 Å². The Morgan fingerprint density at radius 1 is 1.03 bits per heavy atom. The second kappa shape index (κ2) is 7.05. The number of fused-ring (bicyclic) bond motifs is 5. The molecule has 0 heterocycles. The van der Waals surface area contributed by atoms with Crippen molar-refractivity contribution in [3.63, 3.8) is 0 Å². The van der Waals surface area contributed by atoms with Crippen molar-refractivity contribution in [3.05, 3.63) is 11.4 Å². The van der Waals surface area contributed by atoms with Gasteiger partial charge in [0.2, 0.25) is 0 Å². The van der Waals surface area contributed by atoms with Gasteiger partial charge in [-0.3, -0.25) is 0 Å². The normalized spacial score (nSPS) is 47.6. The summed E-state index contributed by atoms with van der Waals surface area (Å²) in [5, 5.41) is 20.7. The van der Waals surface area contributed by atoms with Gasteiger partial charge in [-0.15, -0.1) is 0 Å². The van der Waals surface area contributed by atoms with E-state index in [1.165, 1.54) is 32.1 Å². The minimum Gasteiger partial charge on any atom is -0.390 e. The Hall–Kier alpha value is -0.410. The zero-order chi connectivity index (χ0) is 21.2. The maximum absolute atomic E-state index is 15.4. The van der Waals surface area contributed by atoms with E-state index in [0.717, 1.165) is 37.2 Å². The van der Waals surface area contributed by atoms with Crippen molar-refractivity contribution in [2.45, 2.75) is 116 Å². The van der Waals surface area contributed by atoms with Crippen LogP contribution < -0.4 is 0 Å². The monoisotopic (exact) mass is 406 g/mol. The van der Waals surface area contributed by atoms with E-state index >= 15 is 4.39 Å². The van der Waals surface area contributed by atoms with Crippen molar-refractivity contribution in [2.24, 2.45) is 34.5 Å². The molecule has 4 rings (SSSR count). The van der Waals surface area contributed by atoms with E-state index in [4.69, 9.17) is 0 Å². The molecule has 7 atom stereocenters. The molecule has 0 spiro atoms. The molecule has 0 aromatic heterocycles. The highest BCUT2D eigenvalue weighted by molar-refractivity contribution is 5.29. The minimum absolute atomic E-state index is 0.0461. The van der Waals surface area contributed by atoms with Crippen LogP contribution >= 0.6 is 0 Å². The fourth-order valence-electron chi connectivity index (χ4n) is 8.22. The molecule has 0 bridgehead atoms. The van der Waals surface area contributed by atoms with Crippen LogP contribution in [0, 0.1) is 34.5 Å². The molecule has 166 valence electrons. The third kappa shape index (κ3) is 3.73. The van der Waals surface area contributed by atoms with E-state index in [1.807, 2.05) is 20.8 Å². The SMILES string of the molecule is CC(C)(O)CCC[C@H]1CC[C@H]2[C@@H]3CC(F)=C4C[C@@](C)(O)CC[C@]4(C)[C@H]3CC[C@]12C. The van der Waals surface area contributed by atoms with Crippen LogP contribution in [0.3, 0.4) is 0 Å². The van der Waals surface area contributed by atoms with Crippen molar-refractivity contribution in [3.8, 4) is 0 Å². The fraction of sp³-hybridized carbons (Fsp3) is 0.923. The minimum atomic E-state index is -0.735. The van der Waals surface area contributed by atoms with Gasteiger partial charge in [0.15, 0.2) is 0 Å². The van der Waals surface area contributed by atoms with Gasteiger partial charge in [-0.05, 0) is 112 Å². The van der Waals surface area contributed by atoms with Crippen LogP contribution in [-0.2, 0) is 0 Å². The second-order valence-electron chi connectivity index (χ2n) is 12.6. The largest absolute Gasteiger partial charge is 0.390 e. The lowest BCUT2D eigenvalue weighted by Gasteiger charge is -2.59. The maximum Gasteiger partial charge on any atom is 0.100 e. The van der Waals surface area contributed by atoms with Gasteiger partial charge in [-0.2, -0.15) is 0 Å². The summed E-state index contributed by atoms with van der Waals surface area (Å²) in [6.07, 6.45) is 11.1. The van der Waals surface area contributed by atoms with Gasteiger partial charge in [0.25, 0.3) is 0 Å². The molecule has 0 radical (unpaired) electrons. The van der Waals surface area contributed by atoms with Crippen LogP contribution in [0.15, 0.2) is 11.4 Å². The molecule has 4 aliphatic rings. The van der Waals surface area contributed by atoms with Crippen LogP contribution in [0.4, 0.5) is 4.39 Å². The molecular formula is C26H43FO2. The van der Waals surface area contributed by atoms with Crippen molar-refractivity contribution < 1.29 is 14.6 Å².